The van der Waals surface area contributed by atoms with E-state index in [0.717, 1.165) is 29.8 Å². The molecule has 2 aliphatic carbocycles. The summed E-state index contributed by atoms with van der Waals surface area (Å²) in [7, 11) is 2.71. The molecular weight excluding hydrogens is 270 g/mol. The van der Waals surface area contributed by atoms with Gasteiger partial charge in [-0.2, -0.15) is 0 Å². The van der Waals surface area contributed by atoms with Crippen LogP contribution >= 0.6 is 0 Å². The summed E-state index contributed by atoms with van der Waals surface area (Å²) >= 11 is 0. The molecule has 3 rings (SSSR count). The van der Waals surface area contributed by atoms with E-state index in [2.05, 4.69) is 0 Å². The number of fused-ring (bicyclic) bond motifs is 1. The molecule has 3 atom stereocenters. The minimum Gasteiger partial charge on any atom is -0.378 e. The highest BCUT2D eigenvalue weighted by molar-refractivity contribution is 7.86. The van der Waals surface area contributed by atoms with Gasteiger partial charge in [0, 0.05) is 30.6 Å². The average molecular weight is 289 g/mol. The smallest absolute Gasteiger partial charge is 0.172 e. The van der Waals surface area contributed by atoms with Crippen molar-refractivity contribution in [2.75, 3.05) is 19.0 Å². The van der Waals surface area contributed by atoms with Crippen LogP contribution in [0.15, 0.2) is 40.8 Å². The summed E-state index contributed by atoms with van der Waals surface area (Å²) in [5.74, 6) is 0.275. The molecule has 20 heavy (non-hydrogen) atoms. The van der Waals surface area contributed by atoms with E-state index < -0.39 is 10.8 Å². The molecular formula is C16H19NO2S. The molecule has 1 saturated carbocycles. The number of allylic oxidation sites excluding steroid dienone is 2. The zero-order valence-electron chi connectivity index (χ0n) is 11.8. The molecule has 0 spiro atoms. The van der Waals surface area contributed by atoms with Crippen molar-refractivity contribution in [3.05, 3.63) is 35.9 Å². The molecule has 0 N–H and O–H groups in total. The van der Waals surface area contributed by atoms with Crippen molar-refractivity contribution in [3.63, 3.8) is 0 Å². The number of benzene rings is 1. The molecule has 3 nitrogen and oxygen atoms in total. The fourth-order valence-electron chi connectivity index (χ4n) is 3.16. The lowest BCUT2D eigenvalue weighted by Crippen LogP contribution is -2.27. The predicted octanol–water partition coefficient (Wildman–Crippen LogP) is 2.54. The number of hydrogen-bond donors (Lipinski definition) is 0. The second-order valence-corrected chi connectivity index (χ2v) is 7.30. The molecule has 2 aliphatic rings. The van der Waals surface area contributed by atoms with Crippen molar-refractivity contribution in [2.24, 2.45) is 5.92 Å². The van der Waals surface area contributed by atoms with Crippen molar-refractivity contribution in [2.45, 2.75) is 29.4 Å². The van der Waals surface area contributed by atoms with E-state index in [9.17, 15) is 9.00 Å². The molecule has 0 aromatic heterocycles. The first-order valence-corrected chi connectivity index (χ1v) is 8.21. The van der Waals surface area contributed by atoms with E-state index >= 15 is 0 Å². The summed E-state index contributed by atoms with van der Waals surface area (Å²) in [4.78, 5) is 14.9. The van der Waals surface area contributed by atoms with Gasteiger partial charge in [-0.15, -0.1) is 0 Å². The maximum atomic E-state index is 12.7. The summed E-state index contributed by atoms with van der Waals surface area (Å²) in [5, 5.41) is -0.349. The number of nitrogens with zero attached hydrogens (tertiary/aromatic N) is 1. The normalized spacial score (nSPS) is 26.3. The third-order valence-electron chi connectivity index (χ3n) is 4.25. The van der Waals surface area contributed by atoms with Crippen LogP contribution in [0.2, 0.25) is 0 Å². The van der Waals surface area contributed by atoms with Gasteiger partial charge in [0.15, 0.2) is 5.78 Å². The van der Waals surface area contributed by atoms with E-state index in [1.165, 1.54) is 5.57 Å². The highest BCUT2D eigenvalue weighted by Crippen LogP contribution is 2.41. The minimum absolute atomic E-state index is 0.0553. The Bertz CT molecular complexity index is 589. The number of carbonyl (C=O) groups excluding carboxylic acids is 1. The van der Waals surface area contributed by atoms with Crippen LogP contribution in [0, 0.1) is 5.92 Å². The second kappa shape index (κ2) is 5.17. The predicted molar refractivity (Wildman–Crippen MR) is 81.4 cm³/mol. The topological polar surface area (TPSA) is 37.4 Å². The summed E-state index contributed by atoms with van der Waals surface area (Å²) in [5.41, 5.74) is 2.29. The quantitative estimate of drug-likeness (QED) is 0.858. The van der Waals surface area contributed by atoms with Crippen LogP contribution in [0.25, 0.3) is 0 Å². The second-order valence-electron chi connectivity index (χ2n) is 5.73. The van der Waals surface area contributed by atoms with Gasteiger partial charge >= 0.3 is 0 Å². The molecule has 1 fully saturated rings. The Kier molecular flexibility index (Phi) is 3.50. The van der Waals surface area contributed by atoms with Crippen LogP contribution in [0.1, 0.15) is 19.3 Å². The van der Waals surface area contributed by atoms with Crippen molar-refractivity contribution in [1.82, 2.24) is 0 Å². The first-order chi connectivity index (χ1) is 9.58. The molecule has 106 valence electrons. The fourth-order valence-corrected chi connectivity index (χ4v) is 4.75. The van der Waals surface area contributed by atoms with Crippen LogP contribution in [0.5, 0.6) is 0 Å². The molecule has 1 aromatic rings. The SMILES string of the molecule is CN(C)c1ccc(S(=O)[C@@H]2C(=O)C=C3CCC[C@H]32)cc1. The zero-order chi connectivity index (χ0) is 14.3. The van der Waals surface area contributed by atoms with Crippen molar-refractivity contribution < 1.29 is 9.00 Å². The molecule has 0 radical (unpaired) electrons. The molecule has 0 heterocycles. The lowest BCUT2D eigenvalue weighted by atomic mass is 10.1. The van der Waals surface area contributed by atoms with Gasteiger partial charge < -0.3 is 4.90 Å². The summed E-state index contributed by atoms with van der Waals surface area (Å²) in [6, 6.07) is 7.67. The van der Waals surface area contributed by atoms with E-state index in [-0.39, 0.29) is 17.0 Å². The van der Waals surface area contributed by atoms with Gasteiger partial charge in [-0.3, -0.25) is 9.00 Å². The lowest BCUT2D eigenvalue weighted by molar-refractivity contribution is -0.114. The highest BCUT2D eigenvalue weighted by atomic mass is 32.2. The van der Waals surface area contributed by atoms with Crippen LogP contribution in [0.3, 0.4) is 0 Å². The van der Waals surface area contributed by atoms with Gasteiger partial charge in [-0.05, 0) is 49.6 Å². The maximum Gasteiger partial charge on any atom is 0.172 e. The van der Waals surface area contributed by atoms with Gasteiger partial charge in [0.25, 0.3) is 0 Å². The highest BCUT2D eigenvalue weighted by Gasteiger charge is 2.42. The third kappa shape index (κ3) is 2.22. The van der Waals surface area contributed by atoms with Crippen molar-refractivity contribution in [3.8, 4) is 0 Å². The van der Waals surface area contributed by atoms with E-state index in [0.29, 0.717) is 0 Å². The maximum absolute atomic E-state index is 12.7. The number of carbonyl (C=O) groups is 1. The first-order valence-electron chi connectivity index (χ1n) is 7.00. The number of hydrogen-bond acceptors (Lipinski definition) is 3. The third-order valence-corrected chi connectivity index (χ3v) is 6.01. The van der Waals surface area contributed by atoms with Crippen molar-refractivity contribution in [1.29, 1.82) is 0 Å². The van der Waals surface area contributed by atoms with Gasteiger partial charge in [-0.1, -0.05) is 5.57 Å². The fraction of sp³-hybridized carbons (Fsp3) is 0.438. The molecule has 1 unspecified atom stereocenters. The van der Waals surface area contributed by atoms with Crippen LogP contribution in [-0.2, 0) is 15.6 Å². The molecule has 0 amide bonds. The average Bonchev–Trinajstić information content (AvgIpc) is 2.98. The number of anilines is 1. The molecule has 0 saturated heterocycles. The zero-order valence-corrected chi connectivity index (χ0v) is 12.7. The van der Waals surface area contributed by atoms with Crippen molar-refractivity contribution >= 4 is 22.3 Å². The molecule has 4 heteroatoms. The van der Waals surface area contributed by atoms with Crippen LogP contribution < -0.4 is 4.90 Å². The minimum atomic E-state index is -1.24. The Morgan fingerprint density at radius 2 is 1.90 bits per heavy atom. The van der Waals surface area contributed by atoms with E-state index in [4.69, 9.17) is 0 Å². The number of rotatable bonds is 3. The van der Waals surface area contributed by atoms with Gasteiger partial charge in [0.05, 0.1) is 10.8 Å². The Morgan fingerprint density at radius 1 is 1.20 bits per heavy atom. The summed E-state index contributed by atoms with van der Waals surface area (Å²) in [6.07, 6.45) is 4.87. The molecule has 0 bridgehead atoms. The van der Waals surface area contributed by atoms with Gasteiger partial charge in [0.2, 0.25) is 0 Å². The number of ketones is 1. The Hall–Kier alpha value is -1.42. The summed E-state index contributed by atoms with van der Waals surface area (Å²) < 4.78 is 12.7. The van der Waals surface area contributed by atoms with Crippen LogP contribution in [0.4, 0.5) is 5.69 Å². The Balaban J connectivity index is 1.84. The largest absolute Gasteiger partial charge is 0.378 e. The Morgan fingerprint density at radius 3 is 2.55 bits per heavy atom. The van der Waals surface area contributed by atoms with Crippen LogP contribution in [-0.4, -0.2) is 29.3 Å². The molecule has 1 aromatic carbocycles. The van der Waals surface area contributed by atoms with Gasteiger partial charge in [-0.25, -0.2) is 0 Å². The lowest BCUT2D eigenvalue weighted by Gasteiger charge is -2.17. The van der Waals surface area contributed by atoms with Gasteiger partial charge in [0.1, 0.15) is 5.25 Å². The molecule has 0 aliphatic heterocycles. The standard InChI is InChI=1S/C16H19NO2S/c1-17(2)12-6-8-13(9-7-12)20(19)16-14-5-3-4-11(14)10-15(16)18/h6-10,14,16H,3-5H2,1-2H3/t14-,16+,20?/m1/s1. The van der Waals surface area contributed by atoms with E-state index in [1.807, 2.05) is 43.3 Å². The monoisotopic (exact) mass is 289 g/mol. The van der Waals surface area contributed by atoms with E-state index in [1.54, 1.807) is 6.08 Å². The summed E-state index contributed by atoms with van der Waals surface area (Å²) in [6.45, 7) is 0. The first kappa shape index (κ1) is 13.6. The Labute approximate surface area is 122 Å².